The van der Waals surface area contributed by atoms with Crippen molar-refractivity contribution in [2.75, 3.05) is 5.32 Å². The van der Waals surface area contributed by atoms with Gasteiger partial charge in [-0.1, -0.05) is 43.6 Å². The third-order valence-electron chi connectivity index (χ3n) is 7.48. The van der Waals surface area contributed by atoms with Crippen molar-refractivity contribution in [1.29, 1.82) is 0 Å². The molecule has 4 aromatic rings. The molecule has 1 aliphatic rings. The Morgan fingerprint density at radius 2 is 2.02 bits per heavy atom. The van der Waals surface area contributed by atoms with E-state index in [1.165, 1.54) is 6.07 Å². The molecule has 2 heterocycles. The maximum atomic E-state index is 14.4. The molecule has 0 saturated carbocycles. The largest absolute Gasteiger partial charge is 0.360 e. The predicted molar refractivity (Wildman–Crippen MR) is 153 cm³/mol. The van der Waals surface area contributed by atoms with Gasteiger partial charge in [0, 0.05) is 24.7 Å². The fourth-order valence-electron chi connectivity index (χ4n) is 5.36. The lowest BCUT2D eigenvalue weighted by Gasteiger charge is -2.29. The summed E-state index contributed by atoms with van der Waals surface area (Å²) in [4.78, 5) is 17.7. The number of nitrogens with zero attached hydrogens (tertiary/aromatic N) is 3. The highest BCUT2D eigenvalue weighted by molar-refractivity contribution is 5.94. The number of carbonyl (C=O) groups excluding carboxylic acids is 1. The van der Waals surface area contributed by atoms with Gasteiger partial charge in [0.15, 0.2) is 11.6 Å². The Bertz CT molecular complexity index is 1480. The van der Waals surface area contributed by atoms with Gasteiger partial charge in [-0.2, -0.15) is 0 Å². The topological polar surface area (TPSA) is 97.0 Å². The van der Waals surface area contributed by atoms with Crippen LogP contribution in [0.25, 0.3) is 5.69 Å². The van der Waals surface area contributed by atoms with Gasteiger partial charge >= 0.3 is 0 Å². The van der Waals surface area contributed by atoms with Gasteiger partial charge in [-0.25, -0.2) is 13.8 Å². The maximum absolute atomic E-state index is 14.4. The Morgan fingerprint density at radius 1 is 1.17 bits per heavy atom. The van der Waals surface area contributed by atoms with Crippen LogP contribution in [0.4, 0.5) is 14.6 Å². The third kappa shape index (κ3) is 7.07. The smallest absolute Gasteiger partial charge is 0.242 e. The van der Waals surface area contributed by atoms with E-state index in [0.29, 0.717) is 55.7 Å². The van der Waals surface area contributed by atoms with Crippen LogP contribution in [0.2, 0.25) is 0 Å². The first kappa shape index (κ1) is 28.6. The monoisotopic (exact) mass is 562 g/mol. The lowest BCUT2D eigenvalue weighted by molar-refractivity contribution is -0.118. The van der Waals surface area contributed by atoms with Crippen molar-refractivity contribution in [3.05, 3.63) is 94.8 Å². The Labute approximate surface area is 238 Å². The highest BCUT2D eigenvalue weighted by Gasteiger charge is 2.27. The summed E-state index contributed by atoms with van der Waals surface area (Å²) in [6.45, 7) is 5.23. The fraction of sp³-hybridized carbons (Fsp3) is 0.387. The quantitative estimate of drug-likeness (QED) is 0.218. The summed E-state index contributed by atoms with van der Waals surface area (Å²) in [5, 5.41) is 13.8. The minimum absolute atomic E-state index is 0.0767. The zero-order valence-electron chi connectivity index (χ0n) is 23.4. The van der Waals surface area contributed by atoms with Gasteiger partial charge in [-0.15, -0.1) is 0 Å². The summed E-state index contributed by atoms with van der Waals surface area (Å²) >= 11 is 0. The summed E-state index contributed by atoms with van der Waals surface area (Å²) in [5.74, 6) is -0.0155. The first-order valence-electron chi connectivity index (χ1n) is 14.2. The van der Waals surface area contributed by atoms with E-state index in [0.717, 1.165) is 41.6 Å². The van der Waals surface area contributed by atoms with Crippen LogP contribution in [0, 0.1) is 11.6 Å². The highest BCUT2D eigenvalue weighted by atomic mass is 19.1. The third-order valence-corrected chi connectivity index (χ3v) is 7.48. The number of carbonyl (C=O) groups is 1. The molecule has 10 heteroatoms. The van der Waals surface area contributed by atoms with Crippen LogP contribution < -0.4 is 16.0 Å². The molecule has 216 valence electrons. The zero-order chi connectivity index (χ0) is 28.8. The number of halogens is 2. The summed E-state index contributed by atoms with van der Waals surface area (Å²) in [6, 6.07) is 11.7. The summed E-state index contributed by atoms with van der Waals surface area (Å²) in [7, 11) is 0. The minimum atomic E-state index is -0.550. The standard InChI is InChI=1S/C31H36F2N6O2/c1-3-7-28(36-24-11-10-20-12-22(32)13-27(33)26(20)15-24)31(40)37-30-18-39(19-35-30)29-9-6-5-8-21(29)16-34-17-25-14-23(4-2)38-41-25/h5-6,8-9,12-14,18-19,24,28,34,36H,3-4,7,10-11,15-17H2,1-2H3,(H,37,40)/t24-,28?/m0/s1. The van der Waals surface area contributed by atoms with Gasteiger partial charge in [-0.05, 0) is 60.9 Å². The van der Waals surface area contributed by atoms with Crippen molar-refractivity contribution in [3.63, 3.8) is 0 Å². The van der Waals surface area contributed by atoms with Gasteiger partial charge in [0.1, 0.15) is 18.0 Å². The van der Waals surface area contributed by atoms with E-state index in [-0.39, 0.29) is 11.9 Å². The molecular weight excluding hydrogens is 526 g/mol. The van der Waals surface area contributed by atoms with Crippen LogP contribution in [-0.2, 0) is 37.1 Å². The number of nitrogens with one attached hydrogen (secondary N) is 3. The van der Waals surface area contributed by atoms with E-state index >= 15 is 0 Å². The van der Waals surface area contributed by atoms with Gasteiger partial charge in [0.25, 0.3) is 0 Å². The van der Waals surface area contributed by atoms with Gasteiger partial charge < -0.3 is 25.0 Å². The lowest BCUT2D eigenvalue weighted by Crippen LogP contribution is -2.48. The molecule has 2 aromatic heterocycles. The number of amides is 1. The molecule has 0 aliphatic heterocycles. The van der Waals surface area contributed by atoms with Crippen molar-refractivity contribution in [3.8, 4) is 5.69 Å². The number of aryl methyl sites for hydroxylation is 2. The molecule has 41 heavy (non-hydrogen) atoms. The lowest BCUT2D eigenvalue weighted by atomic mass is 9.87. The minimum Gasteiger partial charge on any atom is -0.360 e. The molecular formula is C31H36F2N6O2. The molecule has 2 aromatic carbocycles. The van der Waals surface area contributed by atoms with Crippen molar-refractivity contribution in [2.45, 2.75) is 77.5 Å². The number of para-hydroxylation sites is 1. The predicted octanol–water partition coefficient (Wildman–Crippen LogP) is 5.25. The van der Waals surface area contributed by atoms with Crippen LogP contribution in [0.5, 0.6) is 0 Å². The van der Waals surface area contributed by atoms with E-state index in [9.17, 15) is 13.6 Å². The maximum Gasteiger partial charge on any atom is 0.242 e. The second-order valence-corrected chi connectivity index (χ2v) is 10.5. The van der Waals surface area contributed by atoms with E-state index in [2.05, 4.69) is 26.1 Å². The first-order valence-corrected chi connectivity index (χ1v) is 14.2. The van der Waals surface area contributed by atoms with E-state index in [4.69, 9.17) is 4.52 Å². The van der Waals surface area contributed by atoms with Crippen molar-refractivity contribution >= 4 is 11.7 Å². The number of imidazole rings is 1. The average molecular weight is 563 g/mol. The second-order valence-electron chi connectivity index (χ2n) is 10.5. The molecule has 1 amide bonds. The Kier molecular flexibility index (Phi) is 9.21. The summed E-state index contributed by atoms with van der Waals surface area (Å²) in [6.07, 6.45) is 7.43. The molecule has 1 unspecified atom stereocenters. The molecule has 3 N–H and O–H groups in total. The zero-order valence-corrected chi connectivity index (χ0v) is 23.4. The molecule has 1 aliphatic carbocycles. The number of rotatable bonds is 12. The van der Waals surface area contributed by atoms with Crippen LogP contribution in [-0.4, -0.2) is 32.7 Å². The number of benzene rings is 2. The molecule has 5 rings (SSSR count). The highest BCUT2D eigenvalue weighted by Crippen LogP contribution is 2.26. The summed E-state index contributed by atoms with van der Waals surface area (Å²) in [5.41, 5.74) is 4.18. The van der Waals surface area contributed by atoms with Gasteiger partial charge in [0.05, 0.1) is 30.2 Å². The Balaban J connectivity index is 1.21. The molecule has 0 radical (unpaired) electrons. The molecule has 8 nitrogen and oxygen atoms in total. The number of anilines is 1. The molecule has 0 fully saturated rings. The van der Waals surface area contributed by atoms with Crippen LogP contribution in [0.15, 0.2) is 59.5 Å². The number of hydrogen-bond donors (Lipinski definition) is 3. The SMILES string of the molecule is CCCC(N[C@H]1CCc2cc(F)cc(F)c2C1)C(=O)Nc1cn(-c2ccccc2CNCc2cc(CC)no2)cn1. The molecule has 0 bridgehead atoms. The van der Waals surface area contributed by atoms with E-state index < -0.39 is 17.7 Å². The molecule has 0 saturated heterocycles. The number of fused-ring (bicyclic) bond motifs is 1. The van der Waals surface area contributed by atoms with Crippen molar-refractivity contribution in [2.24, 2.45) is 0 Å². The Hall–Kier alpha value is -3.89. The van der Waals surface area contributed by atoms with Crippen molar-refractivity contribution in [1.82, 2.24) is 25.3 Å². The second kappa shape index (κ2) is 13.2. The molecule has 2 atom stereocenters. The van der Waals surface area contributed by atoms with Crippen LogP contribution in [0.3, 0.4) is 0 Å². The number of hydrogen-bond acceptors (Lipinski definition) is 6. The van der Waals surface area contributed by atoms with E-state index in [1.54, 1.807) is 12.5 Å². The average Bonchev–Trinajstić information content (AvgIpc) is 3.63. The summed E-state index contributed by atoms with van der Waals surface area (Å²) < 4.78 is 35.3. The number of aromatic nitrogens is 3. The van der Waals surface area contributed by atoms with E-state index in [1.807, 2.05) is 48.7 Å². The molecule has 0 spiro atoms. The van der Waals surface area contributed by atoms with Crippen LogP contribution in [0.1, 0.15) is 61.3 Å². The Morgan fingerprint density at radius 3 is 2.83 bits per heavy atom. The van der Waals surface area contributed by atoms with Crippen molar-refractivity contribution < 1.29 is 18.1 Å². The fourth-order valence-corrected chi connectivity index (χ4v) is 5.36. The van der Waals surface area contributed by atoms with Gasteiger partial charge in [-0.3, -0.25) is 4.79 Å². The van der Waals surface area contributed by atoms with Crippen LogP contribution >= 0.6 is 0 Å². The first-order chi connectivity index (χ1) is 19.9. The van der Waals surface area contributed by atoms with Gasteiger partial charge in [0.2, 0.25) is 5.91 Å². The normalized spacial score (nSPS) is 15.5.